The van der Waals surface area contributed by atoms with Gasteiger partial charge in [0.15, 0.2) is 11.5 Å². The summed E-state index contributed by atoms with van der Waals surface area (Å²) >= 11 is 6.33. The predicted molar refractivity (Wildman–Crippen MR) is 136 cm³/mol. The summed E-state index contributed by atoms with van der Waals surface area (Å²) in [6.45, 7) is 1.63. The molecule has 40 heavy (non-hydrogen) atoms. The molecule has 13 heteroatoms. The van der Waals surface area contributed by atoms with Crippen LogP contribution >= 0.6 is 11.6 Å². The number of anilines is 2. The number of aryl methyl sites for hydroxylation is 1. The molecule has 7 nitrogen and oxygen atoms in total. The van der Waals surface area contributed by atoms with Gasteiger partial charge in [-0.2, -0.15) is 13.2 Å². The molecule has 4 aromatic rings. The summed E-state index contributed by atoms with van der Waals surface area (Å²) in [5, 5.41) is 5.44. The van der Waals surface area contributed by atoms with E-state index in [9.17, 15) is 31.5 Å². The van der Waals surface area contributed by atoms with Crippen LogP contribution in [0.1, 0.15) is 45.9 Å². The summed E-state index contributed by atoms with van der Waals surface area (Å²) in [4.78, 5) is 31.8. The average Bonchev–Trinajstić information content (AvgIpc) is 3.51. The largest absolute Gasteiger partial charge is 0.441 e. The van der Waals surface area contributed by atoms with Crippen molar-refractivity contribution in [1.82, 2.24) is 10.3 Å². The van der Waals surface area contributed by atoms with E-state index < -0.39 is 47.8 Å². The lowest BCUT2D eigenvalue weighted by Crippen LogP contribution is -2.46. The number of alkyl halides is 3. The van der Waals surface area contributed by atoms with Gasteiger partial charge in [0.2, 0.25) is 0 Å². The third-order valence-corrected chi connectivity index (χ3v) is 7.67. The molecule has 2 unspecified atom stereocenters. The number of hydrogen-bond donors (Lipinski definition) is 2. The van der Waals surface area contributed by atoms with Crippen molar-refractivity contribution in [3.63, 3.8) is 0 Å². The van der Waals surface area contributed by atoms with Crippen molar-refractivity contribution >= 4 is 46.0 Å². The topological polar surface area (TPSA) is 87.5 Å². The maximum absolute atomic E-state index is 14.2. The van der Waals surface area contributed by atoms with Gasteiger partial charge in [0.05, 0.1) is 17.3 Å². The van der Waals surface area contributed by atoms with E-state index in [2.05, 4.69) is 15.6 Å². The van der Waals surface area contributed by atoms with Crippen molar-refractivity contribution < 1.29 is 36.0 Å². The van der Waals surface area contributed by atoms with Crippen molar-refractivity contribution in [2.75, 3.05) is 16.8 Å². The molecule has 0 saturated heterocycles. The number of halogens is 6. The molecule has 0 aliphatic carbocycles. The van der Waals surface area contributed by atoms with E-state index in [4.69, 9.17) is 16.0 Å². The Labute approximate surface area is 227 Å². The van der Waals surface area contributed by atoms with E-state index in [0.717, 1.165) is 42.2 Å². The van der Waals surface area contributed by atoms with Crippen LogP contribution in [0.15, 0.2) is 46.9 Å². The van der Waals surface area contributed by atoms with Crippen molar-refractivity contribution in [3.05, 3.63) is 87.3 Å². The van der Waals surface area contributed by atoms with Gasteiger partial charge in [-0.1, -0.05) is 11.6 Å². The van der Waals surface area contributed by atoms with Crippen LogP contribution in [0.4, 0.5) is 38.1 Å². The molecule has 3 amide bonds. The highest BCUT2D eigenvalue weighted by atomic mass is 35.5. The first-order valence-electron chi connectivity index (χ1n) is 11.9. The highest BCUT2D eigenvalue weighted by molar-refractivity contribution is 6.31. The number of benzene rings is 3. The molecule has 206 valence electrons. The molecule has 6 rings (SSSR count). The lowest BCUT2D eigenvalue weighted by Gasteiger charge is -2.28. The van der Waals surface area contributed by atoms with Crippen LogP contribution < -0.4 is 15.5 Å². The van der Waals surface area contributed by atoms with E-state index in [-0.39, 0.29) is 55.6 Å². The summed E-state index contributed by atoms with van der Waals surface area (Å²) in [6.07, 6.45) is -4.79. The Morgan fingerprint density at radius 3 is 2.60 bits per heavy atom. The third-order valence-electron chi connectivity index (χ3n) is 7.32. The lowest BCUT2D eigenvalue weighted by atomic mass is 9.84. The maximum Gasteiger partial charge on any atom is 0.399 e. The highest BCUT2D eigenvalue weighted by Crippen LogP contribution is 2.51. The molecular weight excluding hydrogens is 559 g/mol. The number of urea groups is 1. The summed E-state index contributed by atoms with van der Waals surface area (Å²) in [7, 11) is 0. The number of oxazole rings is 1. The smallest absolute Gasteiger partial charge is 0.399 e. The van der Waals surface area contributed by atoms with Gasteiger partial charge in [-0.15, -0.1) is 0 Å². The quantitative estimate of drug-likeness (QED) is 0.258. The molecule has 3 heterocycles. The minimum atomic E-state index is -4.79. The Bertz CT molecular complexity index is 1750. The van der Waals surface area contributed by atoms with Crippen LogP contribution in [0.5, 0.6) is 0 Å². The van der Waals surface area contributed by atoms with E-state index in [0.29, 0.717) is 0 Å². The van der Waals surface area contributed by atoms with Crippen molar-refractivity contribution in [2.24, 2.45) is 0 Å². The molecule has 2 atom stereocenters. The first kappa shape index (κ1) is 26.1. The van der Waals surface area contributed by atoms with Crippen LogP contribution in [0, 0.1) is 18.6 Å². The van der Waals surface area contributed by atoms with Gasteiger partial charge in [-0.05, 0) is 48.9 Å². The maximum atomic E-state index is 14.2. The fourth-order valence-electron chi connectivity index (χ4n) is 5.35. The second kappa shape index (κ2) is 8.65. The molecule has 2 aliphatic heterocycles. The van der Waals surface area contributed by atoms with Crippen LogP contribution in [-0.4, -0.2) is 29.6 Å². The third kappa shape index (κ3) is 3.80. The molecule has 0 fully saturated rings. The molecular formula is C27H18ClF5N4O3. The first-order chi connectivity index (χ1) is 18.8. The number of carbonyl (C=O) groups excluding carboxylic acids is 2. The molecule has 0 radical (unpaired) electrons. The zero-order valence-corrected chi connectivity index (χ0v) is 21.5. The fraction of sp³-hybridized carbons (Fsp3) is 0.222. The molecule has 2 aliphatic rings. The van der Waals surface area contributed by atoms with Gasteiger partial charge < -0.3 is 15.1 Å². The molecule has 0 saturated carbocycles. The summed E-state index contributed by atoms with van der Waals surface area (Å²) in [5.74, 6) is -1.88. The Morgan fingerprint density at radius 2 is 1.88 bits per heavy atom. The SMILES string of the molecule is Cc1nc2c3c(c(NC(=O)N4CC(C)(C(F)(F)F)c5cc(F)ccc54)cc2o1)C(c1cc(F)ccc1Cl)NC3=O. The lowest BCUT2D eigenvalue weighted by molar-refractivity contribution is -0.180. The monoisotopic (exact) mass is 576 g/mol. The number of fused-ring (bicyclic) bond motifs is 4. The fourth-order valence-corrected chi connectivity index (χ4v) is 5.57. The molecule has 2 N–H and O–H groups in total. The Hall–Kier alpha value is -4.19. The summed E-state index contributed by atoms with van der Waals surface area (Å²) < 4.78 is 76.2. The van der Waals surface area contributed by atoms with E-state index in [1.165, 1.54) is 12.1 Å². The van der Waals surface area contributed by atoms with Gasteiger partial charge in [0.25, 0.3) is 5.91 Å². The van der Waals surface area contributed by atoms with Crippen LogP contribution in [0.3, 0.4) is 0 Å². The van der Waals surface area contributed by atoms with Crippen LogP contribution in [-0.2, 0) is 5.41 Å². The van der Waals surface area contributed by atoms with Crippen LogP contribution in [0.2, 0.25) is 5.02 Å². The Kier molecular flexibility index (Phi) is 5.64. The summed E-state index contributed by atoms with van der Waals surface area (Å²) in [5.41, 5.74) is -2.30. The molecule has 0 bridgehead atoms. The number of hydrogen-bond acceptors (Lipinski definition) is 4. The number of amides is 3. The number of nitrogens with zero attached hydrogens (tertiary/aromatic N) is 2. The summed E-state index contributed by atoms with van der Waals surface area (Å²) in [6, 6.07) is 5.81. The van der Waals surface area contributed by atoms with E-state index in [1.54, 1.807) is 6.92 Å². The van der Waals surface area contributed by atoms with E-state index >= 15 is 0 Å². The van der Waals surface area contributed by atoms with Crippen molar-refractivity contribution in [3.8, 4) is 0 Å². The Balaban J connectivity index is 1.48. The van der Waals surface area contributed by atoms with Gasteiger partial charge in [-0.3, -0.25) is 9.69 Å². The molecule has 1 aromatic heterocycles. The number of carbonyl (C=O) groups is 2. The van der Waals surface area contributed by atoms with Crippen LogP contribution in [0.25, 0.3) is 11.1 Å². The predicted octanol–water partition coefficient (Wildman–Crippen LogP) is 6.77. The van der Waals surface area contributed by atoms with Gasteiger partial charge in [-0.25, -0.2) is 18.6 Å². The number of rotatable bonds is 2. The van der Waals surface area contributed by atoms with Crippen molar-refractivity contribution in [2.45, 2.75) is 31.5 Å². The zero-order chi connectivity index (χ0) is 28.7. The average molecular weight is 577 g/mol. The Morgan fingerprint density at radius 1 is 1.18 bits per heavy atom. The first-order valence-corrected chi connectivity index (χ1v) is 12.3. The number of nitrogens with one attached hydrogen (secondary N) is 2. The standard InChI is InChI=1S/C27H18ClF5N4O3/c1-11-34-23-19(40-11)9-17(20-21(23)24(38)36-22(20)14-7-12(29)3-5-16(14)28)35-25(39)37-10-26(2,27(31,32)33)15-8-13(30)4-6-18(15)37/h3-9,22H,10H2,1-2H3,(H,35,39)(H,36,38). The van der Waals surface area contributed by atoms with E-state index in [1.807, 2.05) is 0 Å². The second-order valence-electron chi connectivity index (χ2n) is 9.87. The normalized spacial score (nSPS) is 20.1. The van der Waals surface area contributed by atoms with Gasteiger partial charge in [0.1, 0.15) is 22.6 Å². The highest BCUT2D eigenvalue weighted by Gasteiger charge is 2.58. The van der Waals surface area contributed by atoms with Gasteiger partial charge in [0, 0.05) is 41.4 Å². The van der Waals surface area contributed by atoms with Gasteiger partial charge >= 0.3 is 12.2 Å². The molecule has 3 aromatic carbocycles. The minimum Gasteiger partial charge on any atom is -0.441 e. The second-order valence-corrected chi connectivity index (χ2v) is 10.3. The zero-order valence-electron chi connectivity index (χ0n) is 20.7. The minimum absolute atomic E-state index is 0.0107. The van der Waals surface area contributed by atoms with Crippen molar-refractivity contribution in [1.29, 1.82) is 0 Å². The number of aromatic nitrogens is 1. The molecule has 0 spiro atoms.